The molecule has 0 spiro atoms. The van der Waals surface area contributed by atoms with Gasteiger partial charge in [-0.15, -0.1) is 11.3 Å². The molecule has 6 nitrogen and oxygen atoms in total. The van der Waals surface area contributed by atoms with Crippen LogP contribution >= 0.6 is 11.3 Å². The predicted molar refractivity (Wildman–Crippen MR) is 88.1 cm³/mol. The molecule has 3 N–H and O–H groups in total. The van der Waals surface area contributed by atoms with Crippen LogP contribution in [0.25, 0.3) is 10.8 Å². The average molecular weight is 335 g/mol. The van der Waals surface area contributed by atoms with E-state index in [-0.39, 0.29) is 12.6 Å². The van der Waals surface area contributed by atoms with E-state index in [1.807, 2.05) is 17.5 Å². The van der Waals surface area contributed by atoms with Crippen molar-refractivity contribution in [3.8, 4) is 10.8 Å². The number of amides is 2. The second-order valence-corrected chi connectivity index (χ2v) is 6.89. The van der Waals surface area contributed by atoms with E-state index in [0.717, 1.165) is 37.0 Å². The van der Waals surface area contributed by atoms with Crippen LogP contribution in [0.15, 0.2) is 28.2 Å². The van der Waals surface area contributed by atoms with Crippen LogP contribution in [0.2, 0.25) is 0 Å². The Morgan fingerprint density at radius 1 is 1.35 bits per heavy atom. The van der Waals surface area contributed by atoms with Gasteiger partial charge in [0.25, 0.3) is 0 Å². The fourth-order valence-electron chi connectivity index (χ4n) is 2.77. The normalized spacial score (nSPS) is 16.9. The molecule has 3 rings (SSSR count). The lowest BCUT2D eigenvalue weighted by Gasteiger charge is -2.32. The third kappa shape index (κ3) is 4.33. The number of urea groups is 1. The van der Waals surface area contributed by atoms with Gasteiger partial charge in [-0.2, -0.15) is 0 Å². The minimum Gasteiger partial charge on any atom is -0.443 e. The number of nitrogens with zero attached hydrogens (tertiary/aromatic N) is 1. The van der Waals surface area contributed by atoms with Crippen LogP contribution in [0.1, 0.15) is 37.8 Å². The number of nitrogens with one attached hydrogen (secondary N) is 2. The van der Waals surface area contributed by atoms with Crippen LogP contribution in [-0.2, 0) is 6.54 Å². The van der Waals surface area contributed by atoms with Gasteiger partial charge in [0.2, 0.25) is 5.89 Å². The Balaban J connectivity index is 1.44. The van der Waals surface area contributed by atoms with Crippen molar-refractivity contribution in [3.63, 3.8) is 0 Å². The lowest BCUT2D eigenvalue weighted by molar-refractivity contribution is 0.00719. The van der Waals surface area contributed by atoms with Gasteiger partial charge in [0.1, 0.15) is 6.26 Å². The maximum Gasteiger partial charge on any atom is 0.315 e. The van der Waals surface area contributed by atoms with Crippen molar-refractivity contribution >= 4 is 17.4 Å². The van der Waals surface area contributed by atoms with E-state index in [0.29, 0.717) is 18.1 Å². The quantitative estimate of drug-likeness (QED) is 0.784. The number of rotatable bonds is 5. The van der Waals surface area contributed by atoms with Crippen LogP contribution < -0.4 is 10.6 Å². The predicted octanol–water partition coefficient (Wildman–Crippen LogP) is 2.90. The van der Waals surface area contributed by atoms with Gasteiger partial charge in [-0.25, -0.2) is 9.78 Å². The summed E-state index contributed by atoms with van der Waals surface area (Å²) in [6.45, 7) is 0.581. The van der Waals surface area contributed by atoms with Crippen molar-refractivity contribution in [2.75, 3.05) is 6.54 Å². The van der Waals surface area contributed by atoms with Crippen molar-refractivity contribution in [2.24, 2.45) is 0 Å². The van der Waals surface area contributed by atoms with E-state index in [1.54, 1.807) is 17.6 Å². The summed E-state index contributed by atoms with van der Waals surface area (Å²) in [5.41, 5.74) is -0.0875. The summed E-state index contributed by atoms with van der Waals surface area (Å²) in [4.78, 5) is 17.1. The number of aromatic nitrogens is 1. The highest BCUT2D eigenvalue weighted by Gasteiger charge is 2.29. The summed E-state index contributed by atoms with van der Waals surface area (Å²) >= 11 is 1.55. The first kappa shape index (κ1) is 16.0. The number of hydrogen-bond acceptors (Lipinski definition) is 5. The SMILES string of the molecule is O=C(NCc1coc(-c2cccs2)n1)NCC1(O)CCCCC1. The van der Waals surface area contributed by atoms with Crippen LogP contribution in [0.3, 0.4) is 0 Å². The molecule has 2 aromatic rings. The monoisotopic (exact) mass is 335 g/mol. The third-order valence-corrected chi connectivity index (χ3v) is 4.93. The first-order chi connectivity index (χ1) is 11.1. The van der Waals surface area contributed by atoms with Gasteiger partial charge >= 0.3 is 6.03 Å². The third-order valence-electron chi connectivity index (χ3n) is 4.08. The molecule has 0 radical (unpaired) electrons. The molecular weight excluding hydrogens is 314 g/mol. The molecular formula is C16H21N3O3S. The largest absolute Gasteiger partial charge is 0.443 e. The lowest BCUT2D eigenvalue weighted by atomic mass is 9.85. The van der Waals surface area contributed by atoms with Crippen LogP contribution in [0.5, 0.6) is 0 Å². The standard InChI is InChI=1S/C16H21N3O3S/c20-15(18-11-16(21)6-2-1-3-7-16)17-9-12-10-22-14(19-12)13-5-4-8-23-13/h4-5,8,10,21H,1-3,6-7,9,11H2,(H2,17,18,20). The first-order valence-corrected chi connectivity index (χ1v) is 8.75. The highest BCUT2D eigenvalue weighted by molar-refractivity contribution is 7.13. The molecule has 1 aliphatic rings. The molecule has 0 atom stereocenters. The van der Waals surface area contributed by atoms with E-state index < -0.39 is 5.60 Å². The summed E-state index contributed by atoms with van der Waals surface area (Å²) in [6.07, 6.45) is 6.24. The highest BCUT2D eigenvalue weighted by atomic mass is 32.1. The molecule has 1 saturated carbocycles. The van der Waals surface area contributed by atoms with Gasteiger partial charge in [0.05, 0.1) is 22.7 Å². The smallest absolute Gasteiger partial charge is 0.315 e. The fraction of sp³-hybridized carbons (Fsp3) is 0.500. The minimum absolute atomic E-state index is 0.290. The number of aliphatic hydroxyl groups is 1. The van der Waals surface area contributed by atoms with E-state index in [9.17, 15) is 9.90 Å². The van der Waals surface area contributed by atoms with Gasteiger partial charge in [-0.1, -0.05) is 25.3 Å². The van der Waals surface area contributed by atoms with Gasteiger partial charge < -0.3 is 20.2 Å². The molecule has 2 heterocycles. The zero-order chi connectivity index (χ0) is 16.1. The maximum atomic E-state index is 11.8. The molecule has 124 valence electrons. The Morgan fingerprint density at radius 3 is 2.91 bits per heavy atom. The summed E-state index contributed by atoms with van der Waals surface area (Å²) in [5, 5.41) is 17.8. The first-order valence-electron chi connectivity index (χ1n) is 7.87. The summed E-state index contributed by atoms with van der Waals surface area (Å²) in [6, 6.07) is 3.57. The molecule has 0 bridgehead atoms. The number of hydrogen-bond donors (Lipinski definition) is 3. The number of carbonyl (C=O) groups excluding carboxylic acids is 1. The zero-order valence-corrected chi connectivity index (χ0v) is 13.7. The van der Waals surface area contributed by atoms with E-state index >= 15 is 0 Å². The highest BCUT2D eigenvalue weighted by Crippen LogP contribution is 2.27. The molecule has 7 heteroatoms. The van der Waals surface area contributed by atoms with E-state index in [2.05, 4.69) is 15.6 Å². The second-order valence-electron chi connectivity index (χ2n) is 5.94. The fourth-order valence-corrected chi connectivity index (χ4v) is 3.42. The number of carbonyl (C=O) groups is 1. The molecule has 1 fully saturated rings. The Morgan fingerprint density at radius 2 is 2.17 bits per heavy atom. The van der Waals surface area contributed by atoms with Gasteiger partial charge in [0, 0.05) is 6.54 Å². The Kier molecular flexibility index (Phi) is 4.97. The van der Waals surface area contributed by atoms with Crippen molar-refractivity contribution in [1.82, 2.24) is 15.6 Å². The zero-order valence-electron chi connectivity index (χ0n) is 12.9. The Hall–Kier alpha value is -1.86. The van der Waals surface area contributed by atoms with Crippen LogP contribution in [-0.4, -0.2) is 28.3 Å². The Bertz CT molecular complexity index is 633. The molecule has 23 heavy (non-hydrogen) atoms. The number of thiophene rings is 1. The second kappa shape index (κ2) is 7.14. The number of oxazole rings is 1. The topological polar surface area (TPSA) is 87.4 Å². The molecule has 0 saturated heterocycles. The van der Waals surface area contributed by atoms with Crippen molar-refractivity contribution < 1.29 is 14.3 Å². The molecule has 2 aromatic heterocycles. The lowest BCUT2D eigenvalue weighted by Crippen LogP contribution is -2.47. The average Bonchev–Trinajstić information content (AvgIpc) is 3.23. The maximum absolute atomic E-state index is 11.8. The van der Waals surface area contributed by atoms with E-state index in [1.165, 1.54) is 0 Å². The molecule has 0 aromatic carbocycles. The molecule has 1 aliphatic carbocycles. The van der Waals surface area contributed by atoms with Crippen molar-refractivity contribution in [1.29, 1.82) is 0 Å². The van der Waals surface area contributed by atoms with Crippen molar-refractivity contribution in [2.45, 2.75) is 44.2 Å². The summed E-state index contributed by atoms with van der Waals surface area (Å²) < 4.78 is 5.40. The molecule has 2 amide bonds. The van der Waals surface area contributed by atoms with Crippen LogP contribution in [0.4, 0.5) is 4.79 Å². The van der Waals surface area contributed by atoms with Gasteiger partial charge in [-0.05, 0) is 24.3 Å². The summed E-state index contributed by atoms with van der Waals surface area (Å²) in [7, 11) is 0. The van der Waals surface area contributed by atoms with E-state index in [4.69, 9.17) is 4.42 Å². The minimum atomic E-state index is -0.754. The summed E-state index contributed by atoms with van der Waals surface area (Å²) in [5.74, 6) is 0.564. The van der Waals surface area contributed by atoms with Gasteiger partial charge in [0.15, 0.2) is 0 Å². The van der Waals surface area contributed by atoms with Crippen molar-refractivity contribution in [3.05, 3.63) is 29.5 Å². The van der Waals surface area contributed by atoms with Crippen LogP contribution in [0, 0.1) is 0 Å². The molecule has 0 unspecified atom stereocenters. The van der Waals surface area contributed by atoms with Gasteiger partial charge in [-0.3, -0.25) is 0 Å². The molecule has 0 aliphatic heterocycles. The Labute approximate surface area is 138 Å².